The van der Waals surface area contributed by atoms with Crippen LogP contribution in [-0.4, -0.2) is 4.57 Å². The Morgan fingerprint density at radius 1 is 0.786 bits per heavy atom. The third-order valence-corrected chi connectivity index (χ3v) is 5.36. The summed E-state index contributed by atoms with van der Waals surface area (Å²) in [5.74, 6) is 0.915. The Morgan fingerprint density at radius 2 is 1.46 bits per heavy atom. The van der Waals surface area contributed by atoms with Crippen molar-refractivity contribution in [3.63, 3.8) is 0 Å². The largest absolute Gasteiger partial charge is 0.359 e. The van der Waals surface area contributed by atoms with Crippen LogP contribution < -0.4 is 9.13 Å². The van der Waals surface area contributed by atoms with E-state index in [1.165, 1.54) is 11.1 Å². The van der Waals surface area contributed by atoms with Gasteiger partial charge in [-0.2, -0.15) is 9.13 Å². The van der Waals surface area contributed by atoms with E-state index in [9.17, 15) is 0 Å². The van der Waals surface area contributed by atoms with Gasteiger partial charge in [0.1, 0.15) is 25.1 Å². The number of aromatic nitrogens is 3. The third kappa shape index (κ3) is 2.93. The van der Waals surface area contributed by atoms with Crippen molar-refractivity contribution in [2.24, 2.45) is 14.1 Å². The van der Waals surface area contributed by atoms with Gasteiger partial charge in [0.2, 0.25) is 5.69 Å². The van der Waals surface area contributed by atoms with Crippen LogP contribution in [0.3, 0.4) is 0 Å². The zero-order chi connectivity index (χ0) is 22.3. The number of pyridine rings is 1. The van der Waals surface area contributed by atoms with E-state index < -0.39 is 6.85 Å². The molecule has 0 saturated heterocycles. The molecular weight excluding hydrogens is 342 g/mol. The van der Waals surface area contributed by atoms with E-state index in [1.54, 1.807) is 6.07 Å². The molecule has 0 aliphatic heterocycles. The molecule has 140 valence electrons. The standard InChI is InChI=1S/C25H27N3/c1-18-10-6-7-13-21(18)22-14-9-15-23(27(22)5)25-26(4)16-17-28(25)24-19(2)11-8-12-20(24)3/h6-17H,1-5H3/q+2/i2D3. The lowest BCUT2D eigenvalue weighted by atomic mass is 10.0. The van der Waals surface area contributed by atoms with Gasteiger partial charge in [0.15, 0.2) is 0 Å². The van der Waals surface area contributed by atoms with Gasteiger partial charge in [0.05, 0.1) is 7.05 Å². The number of nitrogens with zero attached hydrogens (tertiary/aromatic N) is 3. The average Bonchev–Trinajstić information content (AvgIpc) is 3.09. The van der Waals surface area contributed by atoms with Crippen molar-refractivity contribution in [3.05, 3.63) is 89.7 Å². The third-order valence-electron chi connectivity index (χ3n) is 5.36. The van der Waals surface area contributed by atoms with Gasteiger partial charge < -0.3 is 0 Å². The predicted molar refractivity (Wildman–Crippen MR) is 113 cm³/mol. The second-order valence-corrected chi connectivity index (χ2v) is 7.24. The molecule has 2 heterocycles. The number of hydrogen-bond donors (Lipinski definition) is 0. The quantitative estimate of drug-likeness (QED) is 0.473. The summed E-state index contributed by atoms with van der Waals surface area (Å²) in [6.07, 6.45) is 3.90. The number of para-hydroxylation sites is 1. The Balaban J connectivity index is 1.99. The average molecular weight is 373 g/mol. The minimum Gasteiger partial charge on any atom is -0.227 e. The van der Waals surface area contributed by atoms with E-state index in [0.29, 0.717) is 11.3 Å². The Morgan fingerprint density at radius 3 is 2.25 bits per heavy atom. The maximum atomic E-state index is 8.06. The molecule has 3 heteroatoms. The molecular formula is C25H27N3+2. The van der Waals surface area contributed by atoms with Gasteiger partial charge in [-0.3, -0.25) is 0 Å². The molecule has 0 saturated carbocycles. The van der Waals surface area contributed by atoms with E-state index >= 15 is 0 Å². The molecule has 0 unspecified atom stereocenters. The SMILES string of the molecule is [2H]C([2H])([2H])c1cccc(C)c1-n1cc[n+](C)c1-c1cccc(-c2ccccc2C)[n+]1C. The van der Waals surface area contributed by atoms with Gasteiger partial charge >= 0.3 is 5.82 Å². The molecule has 0 spiro atoms. The van der Waals surface area contributed by atoms with Crippen molar-refractivity contribution in [3.8, 4) is 28.5 Å². The van der Waals surface area contributed by atoms with Gasteiger partial charge in [0.25, 0.3) is 5.69 Å². The maximum Gasteiger partial charge on any atom is 0.359 e. The summed E-state index contributed by atoms with van der Waals surface area (Å²) < 4.78 is 30.4. The fraction of sp³-hybridized carbons (Fsp3) is 0.200. The van der Waals surface area contributed by atoms with Gasteiger partial charge in [0, 0.05) is 21.8 Å². The van der Waals surface area contributed by atoms with Crippen LogP contribution in [-0.2, 0) is 14.1 Å². The molecule has 0 N–H and O–H groups in total. The van der Waals surface area contributed by atoms with Crippen LogP contribution in [0.15, 0.2) is 73.1 Å². The Hall–Kier alpha value is -3.20. The van der Waals surface area contributed by atoms with Gasteiger partial charge in [-0.15, -0.1) is 0 Å². The van der Waals surface area contributed by atoms with Crippen LogP contribution in [0.25, 0.3) is 28.5 Å². The molecule has 0 aliphatic carbocycles. The molecule has 28 heavy (non-hydrogen) atoms. The van der Waals surface area contributed by atoms with Crippen molar-refractivity contribution in [1.82, 2.24) is 4.57 Å². The van der Waals surface area contributed by atoms with E-state index in [4.69, 9.17) is 4.11 Å². The fourth-order valence-corrected chi connectivity index (χ4v) is 3.88. The number of aryl methyl sites for hydroxylation is 4. The first-order valence-corrected chi connectivity index (χ1v) is 9.43. The second kappa shape index (κ2) is 7.08. The summed E-state index contributed by atoms with van der Waals surface area (Å²) in [4.78, 5) is 0. The topological polar surface area (TPSA) is 12.7 Å². The van der Waals surface area contributed by atoms with Crippen molar-refractivity contribution < 1.29 is 13.2 Å². The lowest BCUT2D eigenvalue weighted by Crippen LogP contribution is -2.40. The summed E-state index contributed by atoms with van der Waals surface area (Å²) in [7, 11) is 4.04. The predicted octanol–water partition coefficient (Wildman–Crippen LogP) is 4.39. The molecule has 0 radical (unpaired) electrons. The highest BCUT2D eigenvalue weighted by molar-refractivity contribution is 5.62. The van der Waals surface area contributed by atoms with Crippen LogP contribution >= 0.6 is 0 Å². The molecule has 2 aromatic carbocycles. The molecule has 2 aromatic heterocycles. The first-order valence-electron chi connectivity index (χ1n) is 10.9. The zero-order valence-electron chi connectivity index (χ0n) is 19.8. The molecule has 0 amide bonds. The van der Waals surface area contributed by atoms with Crippen LogP contribution in [0.1, 0.15) is 20.8 Å². The first-order chi connectivity index (χ1) is 14.7. The minimum absolute atomic E-state index is 0.350. The highest BCUT2D eigenvalue weighted by Gasteiger charge is 2.29. The molecule has 0 fully saturated rings. The fourth-order valence-electron chi connectivity index (χ4n) is 3.88. The smallest absolute Gasteiger partial charge is 0.227 e. The number of hydrogen-bond acceptors (Lipinski definition) is 0. The van der Waals surface area contributed by atoms with Gasteiger partial charge in [-0.05, 0) is 49.5 Å². The normalized spacial score (nSPS) is 13.1. The summed E-state index contributed by atoms with van der Waals surface area (Å²) in [5.41, 5.74) is 6.45. The summed E-state index contributed by atoms with van der Waals surface area (Å²) in [5, 5.41) is 0. The molecule has 4 rings (SSSR count). The Kier molecular flexibility index (Phi) is 3.74. The number of imidazole rings is 1. The number of rotatable bonds is 3. The number of benzene rings is 2. The van der Waals surface area contributed by atoms with Crippen molar-refractivity contribution in [2.45, 2.75) is 20.7 Å². The van der Waals surface area contributed by atoms with Crippen molar-refractivity contribution in [1.29, 1.82) is 0 Å². The van der Waals surface area contributed by atoms with Gasteiger partial charge in [-0.25, -0.2) is 4.57 Å². The highest BCUT2D eigenvalue weighted by Crippen LogP contribution is 2.26. The van der Waals surface area contributed by atoms with E-state index in [-0.39, 0.29) is 0 Å². The second-order valence-electron chi connectivity index (χ2n) is 7.24. The monoisotopic (exact) mass is 372 g/mol. The lowest BCUT2D eigenvalue weighted by Gasteiger charge is -2.09. The summed E-state index contributed by atoms with van der Waals surface area (Å²) in [6.45, 7) is 1.87. The maximum absolute atomic E-state index is 8.06. The van der Waals surface area contributed by atoms with Crippen molar-refractivity contribution in [2.75, 3.05) is 0 Å². The van der Waals surface area contributed by atoms with Crippen LogP contribution in [0, 0.1) is 20.7 Å². The highest BCUT2D eigenvalue weighted by atomic mass is 15.2. The molecule has 4 aromatic rings. The lowest BCUT2D eigenvalue weighted by molar-refractivity contribution is -0.685. The Labute approximate surface area is 171 Å². The Bertz CT molecular complexity index is 1270. The van der Waals surface area contributed by atoms with Crippen LogP contribution in [0.5, 0.6) is 0 Å². The first kappa shape index (κ1) is 14.8. The molecule has 3 nitrogen and oxygen atoms in total. The summed E-state index contributed by atoms with van der Waals surface area (Å²) >= 11 is 0. The minimum atomic E-state index is -2.20. The van der Waals surface area contributed by atoms with E-state index in [2.05, 4.69) is 48.9 Å². The summed E-state index contributed by atoms with van der Waals surface area (Å²) in [6, 6.07) is 20.0. The van der Waals surface area contributed by atoms with Crippen LogP contribution in [0.2, 0.25) is 0 Å². The zero-order valence-corrected chi connectivity index (χ0v) is 16.8. The van der Waals surface area contributed by atoms with E-state index in [1.807, 2.05) is 59.8 Å². The molecule has 0 atom stereocenters. The molecule has 0 aliphatic rings. The van der Waals surface area contributed by atoms with Gasteiger partial charge in [-0.1, -0.05) is 36.4 Å². The van der Waals surface area contributed by atoms with Crippen LogP contribution in [0.4, 0.5) is 0 Å². The van der Waals surface area contributed by atoms with Crippen molar-refractivity contribution >= 4 is 0 Å². The van der Waals surface area contributed by atoms with E-state index in [0.717, 1.165) is 22.8 Å². The molecule has 0 bridgehead atoms.